The third-order valence-corrected chi connectivity index (χ3v) is 7.26. The highest BCUT2D eigenvalue weighted by Gasteiger charge is 2.38. The Balaban J connectivity index is 0.000000547. The minimum absolute atomic E-state index is 0.285. The summed E-state index contributed by atoms with van der Waals surface area (Å²) in [6, 6.07) is 5.95. The number of nitrogens with zero attached hydrogens (tertiary/aromatic N) is 1. The Kier molecular flexibility index (Phi) is 15.1. The van der Waals surface area contributed by atoms with E-state index in [0.29, 0.717) is 12.2 Å². The van der Waals surface area contributed by atoms with Crippen molar-refractivity contribution in [3.8, 4) is 0 Å². The van der Waals surface area contributed by atoms with Crippen LogP contribution in [-0.4, -0.2) is 16.6 Å². The molecule has 2 aliphatic rings. The van der Waals surface area contributed by atoms with Crippen LogP contribution in [0.4, 0.5) is 5.69 Å². The van der Waals surface area contributed by atoms with Gasteiger partial charge in [0.05, 0.1) is 11.3 Å². The first-order valence-corrected chi connectivity index (χ1v) is 14.5. The lowest BCUT2D eigenvalue weighted by Crippen LogP contribution is -2.20. The fraction of sp³-hybridized carbons (Fsp3) is 0.758. The van der Waals surface area contributed by atoms with Gasteiger partial charge in [-0.05, 0) is 93.7 Å². The SMILES string of the molecule is CC.CC1(C)CCC1.CCC(=O)CC(C)(C)C1CC1.CCCC(C)=Nc1ccc(C(C)(C)O)cc1C. The molecule has 0 bridgehead atoms. The van der Waals surface area contributed by atoms with Crippen molar-refractivity contribution in [2.45, 2.75) is 146 Å². The normalized spacial score (nSPS) is 16.8. The maximum absolute atomic E-state index is 11.2. The maximum Gasteiger partial charge on any atom is 0.133 e. The molecule has 2 saturated carbocycles. The molecular weight excluding hydrogens is 442 g/mol. The summed E-state index contributed by atoms with van der Waals surface area (Å²) < 4.78 is 0. The van der Waals surface area contributed by atoms with Gasteiger partial charge in [0.25, 0.3) is 0 Å². The molecule has 0 radical (unpaired) electrons. The standard InChI is InChI=1S/C15H23NO.C10H18O.C6H12.C2H6/c1-6-7-12(3)16-14-9-8-13(10-11(14)2)15(4,5)17;1-4-9(11)7-10(2,3)8-5-6-8;1-6(2)4-3-5-6;1-2/h8-10,17H,6-7H2,1-5H3;8H,4-7H2,1-3H3;3-5H2,1-2H3;1-2H3. The second-order valence-electron chi connectivity index (χ2n) is 12.5. The van der Waals surface area contributed by atoms with Gasteiger partial charge in [-0.3, -0.25) is 9.79 Å². The number of rotatable bonds is 8. The van der Waals surface area contributed by atoms with Crippen LogP contribution in [0.2, 0.25) is 0 Å². The van der Waals surface area contributed by atoms with Crippen LogP contribution in [0.5, 0.6) is 0 Å². The van der Waals surface area contributed by atoms with Crippen LogP contribution in [0.15, 0.2) is 23.2 Å². The molecule has 0 unspecified atom stereocenters. The van der Waals surface area contributed by atoms with Crippen molar-refractivity contribution in [2.75, 3.05) is 0 Å². The second-order valence-corrected chi connectivity index (χ2v) is 12.5. The van der Waals surface area contributed by atoms with Gasteiger partial charge in [0, 0.05) is 18.6 Å². The highest BCUT2D eigenvalue weighted by atomic mass is 16.3. The lowest BCUT2D eigenvalue weighted by molar-refractivity contribution is -0.120. The highest BCUT2D eigenvalue weighted by Crippen LogP contribution is 2.47. The fourth-order valence-corrected chi connectivity index (χ4v) is 4.31. The zero-order chi connectivity index (χ0) is 28.2. The molecule has 1 aromatic carbocycles. The summed E-state index contributed by atoms with van der Waals surface area (Å²) in [5.74, 6) is 1.25. The molecule has 2 aliphatic carbocycles. The first kappa shape index (κ1) is 34.5. The molecule has 0 saturated heterocycles. The molecule has 0 aromatic heterocycles. The molecule has 1 N–H and O–H groups in total. The molecule has 0 spiro atoms. The summed E-state index contributed by atoms with van der Waals surface area (Å²) in [5, 5.41) is 9.93. The van der Waals surface area contributed by atoms with E-state index in [9.17, 15) is 9.90 Å². The number of benzene rings is 1. The largest absolute Gasteiger partial charge is 0.386 e. The van der Waals surface area contributed by atoms with E-state index in [4.69, 9.17) is 0 Å². The smallest absolute Gasteiger partial charge is 0.133 e. The number of Topliss-reactive ketones (excluding diaryl/α,β-unsaturated/α-hetero) is 1. The summed E-state index contributed by atoms with van der Waals surface area (Å²) in [7, 11) is 0. The van der Waals surface area contributed by atoms with Crippen LogP contribution >= 0.6 is 0 Å². The van der Waals surface area contributed by atoms with Crippen LogP contribution in [0.1, 0.15) is 145 Å². The second kappa shape index (κ2) is 15.7. The third-order valence-electron chi connectivity index (χ3n) is 7.26. The quantitative estimate of drug-likeness (QED) is 0.360. The number of hydrogen-bond acceptors (Lipinski definition) is 3. The molecular formula is C33H59NO2. The minimum atomic E-state index is -0.786. The van der Waals surface area contributed by atoms with Gasteiger partial charge in [-0.15, -0.1) is 0 Å². The number of hydrogen-bond donors (Lipinski definition) is 1. The molecule has 3 heteroatoms. The van der Waals surface area contributed by atoms with Gasteiger partial charge in [-0.25, -0.2) is 0 Å². The van der Waals surface area contributed by atoms with Crippen LogP contribution in [0.25, 0.3) is 0 Å². The Labute approximate surface area is 224 Å². The lowest BCUT2D eigenvalue weighted by atomic mass is 9.72. The zero-order valence-electron chi connectivity index (χ0n) is 26.0. The molecule has 208 valence electrons. The minimum Gasteiger partial charge on any atom is -0.386 e. The van der Waals surface area contributed by atoms with Gasteiger partial charge in [-0.1, -0.05) is 80.4 Å². The van der Waals surface area contributed by atoms with Gasteiger partial charge in [-0.2, -0.15) is 0 Å². The predicted octanol–water partition coefficient (Wildman–Crippen LogP) is 10.1. The van der Waals surface area contributed by atoms with Crippen LogP contribution in [0, 0.1) is 23.7 Å². The van der Waals surface area contributed by atoms with Gasteiger partial charge in [0.15, 0.2) is 0 Å². The number of aliphatic imine (C=N–C) groups is 1. The Morgan fingerprint density at radius 3 is 1.94 bits per heavy atom. The van der Waals surface area contributed by atoms with E-state index < -0.39 is 5.60 Å². The van der Waals surface area contributed by atoms with Crippen molar-refractivity contribution < 1.29 is 9.90 Å². The molecule has 2 fully saturated rings. The fourth-order valence-electron chi connectivity index (χ4n) is 4.31. The summed E-state index contributed by atoms with van der Waals surface area (Å²) >= 11 is 0. The summed E-state index contributed by atoms with van der Waals surface area (Å²) in [6.45, 7) is 24.9. The van der Waals surface area contributed by atoms with E-state index >= 15 is 0 Å². The van der Waals surface area contributed by atoms with E-state index in [2.05, 4.69) is 46.5 Å². The van der Waals surface area contributed by atoms with Crippen molar-refractivity contribution in [1.29, 1.82) is 0 Å². The number of carbonyl (C=O) groups is 1. The molecule has 3 nitrogen and oxygen atoms in total. The van der Waals surface area contributed by atoms with E-state index in [1.807, 2.05) is 45.9 Å². The molecule has 0 amide bonds. The summed E-state index contributed by atoms with van der Waals surface area (Å²) in [4.78, 5) is 15.8. The molecule has 0 atom stereocenters. The predicted molar refractivity (Wildman–Crippen MR) is 160 cm³/mol. The highest BCUT2D eigenvalue weighted by molar-refractivity contribution is 5.84. The van der Waals surface area contributed by atoms with Crippen molar-refractivity contribution in [3.05, 3.63) is 29.3 Å². The Morgan fingerprint density at radius 1 is 1.08 bits per heavy atom. The van der Waals surface area contributed by atoms with E-state index in [1.54, 1.807) is 13.8 Å². The monoisotopic (exact) mass is 501 g/mol. The number of carbonyl (C=O) groups excluding carboxylic acids is 1. The van der Waals surface area contributed by atoms with Crippen molar-refractivity contribution in [2.24, 2.45) is 21.7 Å². The van der Waals surface area contributed by atoms with Crippen molar-refractivity contribution >= 4 is 17.2 Å². The molecule has 3 rings (SSSR count). The lowest BCUT2D eigenvalue weighted by Gasteiger charge is -2.33. The number of aliphatic hydroxyl groups is 1. The average molecular weight is 502 g/mol. The summed E-state index contributed by atoms with van der Waals surface area (Å²) in [6.07, 6.45) is 10.7. The van der Waals surface area contributed by atoms with Gasteiger partial charge >= 0.3 is 0 Å². The average Bonchev–Trinajstić information content (AvgIpc) is 3.62. The van der Waals surface area contributed by atoms with Crippen LogP contribution < -0.4 is 0 Å². The van der Waals surface area contributed by atoms with E-state index in [-0.39, 0.29) is 5.41 Å². The summed E-state index contributed by atoms with van der Waals surface area (Å²) in [5.41, 5.74) is 4.43. The topological polar surface area (TPSA) is 49.7 Å². The van der Waals surface area contributed by atoms with Gasteiger partial charge in [0.2, 0.25) is 0 Å². The molecule has 1 aromatic rings. The maximum atomic E-state index is 11.2. The number of aryl methyl sites for hydroxylation is 1. The van der Waals surface area contributed by atoms with Crippen molar-refractivity contribution in [1.82, 2.24) is 0 Å². The Bertz CT molecular complexity index is 801. The Hall–Kier alpha value is -1.48. The van der Waals surface area contributed by atoms with Crippen molar-refractivity contribution in [3.63, 3.8) is 0 Å². The molecule has 0 aliphatic heterocycles. The van der Waals surface area contributed by atoms with Gasteiger partial charge < -0.3 is 5.11 Å². The van der Waals surface area contributed by atoms with Gasteiger partial charge in [0.1, 0.15) is 5.78 Å². The van der Waals surface area contributed by atoms with Crippen LogP contribution in [-0.2, 0) is 10.4 Å². The first-order chi connectivity index (χ1) is 16.6. The van der Waals surface area contributed by atoms with E-state index in [0.717, 1.165) is 53.1 Å². The Morgan fingerprint density at radius 2 is 1.61 bits per heavy atom. The van der Waals surface area contributed by atoms with E-state index in [1.165, 1.54) is 32.1 Å². The third kappa shape index (κ3) is 13.7. The molecule has 36 heavy (non-hydrogen) atoms. The zero-order valence-corrected chi connectivity index (χ0v) is 26.0. The first-order valence-electron chi connectivity index (χ1n) is 14.5. The number of ketones is 1. The molecule has 0 heterocycles. The van der Waals surface area contributed by atoms with Crippen LogP contribution in [0.3, 0.4) is 0 Å².